The molecule has 0 unspecified atom stereocenters. The number of nitrogens with one attached hydrogen (secondary N) is 1. The molecule has 0 aliphatic heterocycles. The van der Waals surface area contributed by atoms with E-state index in [9.17, 15) is 9.59 Å². The molecule has 0 atom stereocenters. The first kappa shape index (κ1) is 15.9. The van der Waals surface area contributed by atoms with Gasteiger partial charge in [-0.05, 0) is 0 Å². The molecule has 0 saturated carbocycles. The molecule has 0 saturated heterocycles. The molecule has 20 heavy (non-hydrogen) atoms. The average Bonchev–Trinajstić information content (AvgIpc) is 2.76. The Morgan fingerprint density at radius 3 is 2.30 bits per heavy atom. The predicted octanol–water partition coefficient (Wildman–Crippen LogP) is 0.621. The summed E-state index contributed by atoms with van der Waals surface area (Å²) in [7, 11) is 4.71. The SMILES string of the molecule is CN(C)C(=O)CN(C)C(=O)Oc1n[nH]c(C(C)(C)C)n1. The van der Waals surface area contributed by atoms with Crippen LogP contribution in [-0.4, -0.2) is 64.7 Å². The third kappa shape index (κ3) is 4.22. The number of aromatic amines is 1. The second-order valence-corrected chi connectivity index (χ2v) is 5.73. The predicted molar refractivity (Wildman–Crippen MR) is 72.4 cm³/mol. The molecule has 0 radical (unpaired) electrons. The van der Waals surface area contributed by atoms with Crippen LogP contribution in [0.5, 0.6) is 6.01 Å². The molecule has 8 nitrogen and oxygen atoms in total. The summed E-state index contributed by atoms with van der Waals surface area (Å²) < 4.78 is 5.00. The van der Waals surface area contributed by atoms with Crippen molar-refractivity contribution in [3.05, 3.63) is 5.82 Å². The number of hydrogen-bond acceptors (Lipinski definition) is 5. The molecule has 0 aliphatic carbocycles. The number of likely N-dealkylation sites (N-methyl/N-ethyl adjacent to an activating group) is 2. The van der Waals surface area contributed by atoms with E-state index in [0.29, 0.717) is 5.82 Å². The highest BCUT2D eigenvalue weighted by molar-refractivity contribution is 5.82. The van der Waals surface area contributed by atoms with Gasteiger partial charge in [0.2, 0.25) is 5.91 Å². The fourth-order valence-electron chi connectivity index (χ4n) is 1.19. The van der Waals surface area contributed by atoms with Gasteiger partial charge in [-0.15, -0.1) is 5.10 Å². The summed E-state index contributed by atoms with van der Waals surface area (Å²) in [5, 5.41) is 6.54. The molecule has 8 heteroatoms. The smallest absolute Gasteiger partial charge is 0.373 e. The van der Waals surface area contributed by atoms with Crippen LogP contribution in [-0.2, 0) is 10.2 Å². The molecular weight excluding hydrogens is 262 g/mol. The van der Waals surface area contributed by atoms with Gasteiger partial charge in [0.15, 0.2) is 0 Å². The number of carbonyl (C=O) groups is 2. The minimum absolute atomic E-state index is 0.0518. The van der Waals surface area contributed by atoms with Crippen LogP contribution in [0.1, 0.15) is 26.6 Å². The topological polar surface area (TPSA) is 91.4 Å². The lowest BCUT2D eigenvalue weighted by atomic mass is 9.96. The quantitative estimate of drug-likeness (QED) is 0.878. The van der Waals surface area contributed by atoms with Crippen molar-refractivity contribution in [2.45, 2.75) is 26.2 Å². The molecule has 0 spiro atoms. The summed E-state index contributed by atoms with van der Waals surface area (Å²) in [5.74, 6) is 0.419. The first-order valence-electron chi connectivity index (χ1n) is 6.17. The van der Waals surface area contributed by atoms with Crippen molar-refractivity contribution in [1.29, 1.82) is 0 Å². The molecule has 112 valence electrons. The van der Waals surface area contributed by atoms with Crippen molar-refractivity contribution in [3.8, 4) is 6.01 Å². The summed E-state index contributed by atoms with van der Waals surface area (Å²) in [4.78, 5) is 29.9. The average molecular weight is 283 g/mol. The number of amides is 2. The lowest BCUT2D eigenvalue weighted by Gasteiger charge is -2.17. The number of hydrogen-bond donors (Lipinski definition) is 1. The zero-order valence-corrected chi connectivity index (χ0v) is 12.7. The van der Waals surface area contributed by atoms with Gasteiger partial charge in [0, 0.05) is 26.6 Å². The Morgan fingerprint density at radius 2 is 1.85 bits per heavy atom. The van der Waals surface area contributed by atoms with Gasteiger partial charge >= 0.3 is 12.1 Å². The second kappa shape index (κ2) is 5.89. The standard InChI is InChI=1S/C12H21N5O3/c1-12(2,3)9-13-10(15-14-9)20-11(19)17(6)7-8(18)16(4)5/h7H2,1-6H3,(H,13,14,15). The van der Waals surface area contributed by atoms with Crippen molar-refractivity contribution in [1.82, 2.24) is 25.0 Å². The summed E-state index contributed by atoms with van der Waals surface area (Å²) in [5.41, 5.74) is -0.218. The highest BCUT2D eigenvalue weighted by Crippen LogP contribution is 2.19. The molecule has 2 amide bonds. The number of ether oxygens (including phenoxy) is 1. The third-order valence-electron chi connectivity index (χ3n) is 2.54. The van der Waals surface area contributed by atoms with E-state index in [-0.39, 0.29) is 23.9 Å². The number of aromatic nitrogens is 3. The summed E-state index contributed by atoms with van der Waals surface area (Å²) >= 11 is 0. The second-order valence-electron chi connectivity index (χ2n) is 5.73. The van der Waals surface area contributed by atoms with Crippen molar-refractivity contribution < 1.29 is 14.3 Å². The highest BCUT2D eigenvalue weighted by atomic mass is 16.6. The van der Waals surface area contributed by atoms with Crippen LogP contribution in [0.4, 0.5) is 4.79 Å². The van der Waals surface area contributed by atoms with E-state index in [1.54, 1.807) is 14.1 Å². The molecule has 1 heterocycles. The van der Waals surface area contributed by atoms with E-state index in [1.165, 1.54) is 11.9 Å². The molecule has 1 aromatic heterocycles. The number of nitrogens with zero attached hydrogens (tertiary/aromatic N) is 4. The summed E-state index contributed by atoms with van der Waals surface area (Å²) in [6.07, 6.45) is -0.681. The minimum Gasteiger partial charge on any atom is -0.373 e. The Labute approximate surface area is 118 Å². The van der Waals surface area contributed by atoms with E-state index < -0.39 is 6.09 Å². The Morgan fingerprint density at radius 1 is 1.25 bits per heavy atom. The number of carbonyl (C=O) groups excluding carboxylic acids is 2. The number of H-pyrrole nitrogens is 1. The van der Waals surface area contributed by atoms with Crippen LogP contribution >= 0.6 is 0 Å². The molecule has 1 aromatic rings. The van der Waals surface area contributed by atoms with Crippen molar-refractivity contribution in [2.75, 3.05) is 27.7 Å². The highest BCUT2D eigenvalue weighted by Gasteiger charge is 2.22. The maximum Gasteiger partial charge on any atom is 0.417 e. The van der Waals surface area contributed by atoms with Gasteiger partial charge in [0.1, 0.15) is 12.4 Å². The maximum absolute atomic E-state index is 11.8. The van der Waals surface area contributed by atoms with E-state index in [2.05, 4.69) is 15.2 Å². The Hall–Kier alpha value is -2.12. The monoisotopic (exact) mass is 283 g/mol. The van der Waals surface area contributed by atoms with Crippen LogP contribution in [0.15, 0.2) is 0 Å². The van der Waals surface area contributed by atoms with E-state index >= 15 is 0 Å². The zero-order valence-electron chi connectivity index (χ0n) is 12.7. The zero-order chi connectivity index (χ0) is 15.5. The normalized spacial score (nSPS) is 11.1. The van der Waals surface area contributed by atoms with Crippen molar-refractivity contribution >= 4 is 12.0 Å². The first-order valence-corrected chi connectivity index (χ1v) is 6.17. The van der Waals surface area contributed by atoms with Gasteiger partial charge in [0.25, 0.3) is 0 Å². The molecule has 1 rings (SSSR count). The molecular formula is C12H21N5O3. The Balaban J connectivity index is 2.62. The van der Waals surface area contributed by atoms with E-state index in [4.69, 9.17) is 4.74 Å². The van der Waals surface area contributed by atoms with Crippen molar-refractivity contribution in [3.63, 3.8) is 0 Å². The summed E-state index contributed by atoms with van der Waals surface area (Å²) in [6.45, 7) is 5.81. The summed E-state index contributed by atoms with van der Waals surface area (Å²) in [6, 6.07) is -0.0518. The molecule has 0 fully saturated rings. The molecule has 0 aliphatic rings. The lowest BCUT2D eigenvalue weighted by molar-refractivity contribution is -0.129. The lowest BCUT2D eigenvalue weighted by Crippen LogP contribution is -2.39. The van der Waals surface area contributed by atoms with Gasteiger partial charge < -0.3 is 14.5 Å². The van der Waals surface area contributed by atoms with Gasteiger partial charge in [-0.25, -0.2) is 4.79 Å². The van der Waals surface area contributed by atoms with Gasteiger partial charge in [0.05, 0.1) is 0 Å². The fraction of sp³-hybridized carbons (Fsp3) is 0.667. The van der Waals surface area contributed by atoms with E-state index in [0.717, 1.165) is 4.90 Å². The third-order valence-corrected chi connectivity index (χ3v) is 2.54. The number of rotatable bonds is 3. The molecule has 1 N–H and O–H groups in total. The van der Waals surface area contributed by atoms with Gasteiger partial charge in [-0.3, -0.25) is 9.89 Å². The van der Waals surface area contributed by atoms with Crippen LogP contribution in [0, 0.1) is 0 Å². The Kier molecular flexibility index (Phi) is 4.69. The first-order chi connectivity index (χ1) is 9.11. The van der Waals surface area contributed by atoms with Crippen molar-refractivity contribution in [2.24, 2.45) is 0 Å². The molecule has 0 aromatic carbocycles. The Bertz CT molecular complexity index is 490. The maximum atomic E-state index is 11.8. The largest absolute Gasteiger partial charge is 0.417 e. The molecule has 0 bridgehead atoms. The van der Waals surface area contributed by atoms with Crippen LogP contribution in [0.25, 0.3) is 0 Å². The van der Waals surface area contributed by atoms with E-state index in [1.807, 2.05) is 20.8 Å². The van der Waals surface area contributed by atoms with Gasteiger partial charge in [-0.1, -0.05) is 20.8 Å². The van der Waals surface area contributed by atoms with Crippen LogP contribution in [0.3, 0.4) is 0 Å². The van der Waals surface area contributed by atoms with Gasteiger partial charge in [-0.2, -0.15) is 4.98 Å². The van der Waals surface area contributed by atoms with Crippen LogP contribution < -0.4 is 4.74 Å². The van der Waals surface area contributed by atoms with Crippen LogP contribution in [0.2, 0.25) is 0 Å². The minimum atomic E-state index is -0.681. The fourth-order valence-corrected chi connectivity index (χ4v) is 1.19.